The summed E-state index contributed by atoms with van der Waals surface area (Å²) in [5.41, 5.74) is 8.92. The lowest BCUT2D eigenvalue weighted by Gasteiger charge is -2.22. The van der Waals surface area contributed by atoms with Crippen molar-refractivity contribution >= 4 is 11.4 Å². The third-order valence-electron chi connectivity index (χ3n) is 3.26. The van der Waals surface area contributed by atoms with Crippen LogP contribution < -0.4 is 10.6 Å². The molecule has 0 fully saturated rings. The molecule has 1 aromatic rings. The summed E-state index contributed by atoms with van der Waals surface area (Å²) in [5.74, 6) is 0. The molecule has 0 unspecified atom stereocenters. The van der Waals surface area contributed by atoms with E-state index in [9.17, 15) is 0 Å². The van der Waals surface area contributed by atoms with E-state index in [1.807, 2.05) is 18.2 Å². The lowest BCUT2D eigenvalue weighted by molar-refractivity contribution is 0.823. The molecule has 0 bridgehead atoms. The van der Waals surface area contributed by atoms with Crippen molar-refractivity contribution in [1.29, 1.82) is 5.41 Å². The SMILES string of the molecule is C=CCCN(CC)c1ccc(C(=N)CCC(=C)N)cc1. The molecule has 1 aromatic carbocycles. The van der Waals surface area contributed by atoms with Gasteiger partial charge < -0.3 is 16.0 Å². The third-order valence-corrected chi connectivity index (χ3v) is 3.26. The highest BCUT2D eigenvalue weighted by Crippen LogP contribution is 2.17. The molecule has 0 heterocycles. The molecule has 1 rings (SSSR count). The first-order chi connectivity index (χ1) is 9.58. The maximum atomic E-state index is 8.03. The maximum Gasteiger partial charge on any atom is 0.0390 e. The van der Waals surface area contributed by atoms with Crippen LogP contribution in [0.1, 0.15) is 31.7 Å². The van der Waals surface area contributed by atoms with Gasteiger partial charge in [0.2, 0.25) is 0 Å². The smallest absolute Gasteiger partial charge is 0.0390 e. The van der Waals surface area contributed by atoms with E-state index in [2.05, 4.69) is 37.1 Å². The van der Waals surface area contributed by atoms with Crippen molar-refractivity contribution in [2.24, 2.45) is 5.73 Å². The first kappa shape index (κ1) is 16.0. The lowest BCUT2D eigenvalue weighted by Crippen LogP contribution is -2.23. The van der Waals surface area contributed by atoms with E-state index in [1.165, 1.54) is 5.69 Å². The molecule has 0 saturated heterocycles. The Kier molecular flexibility index (Phi) is 6.57. The van der Waals surface area contributed by atoms with Gasteiger partial charge in [-0.2, -0.15) is 0 Å². The lowest BCUT2D eigenvalue weighted by atomic mass is 10.0. The first-order valence-electron chi connectivity index (χ1n) is 7.05. The number of benzene rings is 1. The van der Waals surface area contributed by atoms with Crippen LogP contribution in [0.4, 0.5) is 5.69 Å². The van der Waals surface area contributed by atoms with Gasteiger partial charge in [-0.25, -0.2) is 0 Å². The Morgan fingerprint density at radius 3 is 2.45 bits per heavy atom. The zero-order valence-corrected chi connectivity index (χ0v) is 12.4. The monoisotopic (exact) mass is 271 g/mol. The summed E-state index contributed by atoms with van der Waals surface area (Å²) in [6.07, 6.45) is 4.22. The molecule has 0 spiro atoms. The number of nitrogens with two attached hydrogens (primary N) is 1. The summed E-state index contributed by atoms with van der Waals surface area (Å²) in [4.78, 5) is 2.30. The van der Waals surface area contributed by atoms with Gasteiger partial charge >= 0.3 is 0 Å². The van der Waals surface area contributed by atoms with Gasteiger partial charge in [-0.3, -0.25) is 0 Å². The number of hydrogen-bond acceptors (Lipinski definition) is 3. The predicted molar refractivity (Wildman–Crippen MR) is 88.5 cm³/mol. The Hall–Kier alpha value is -2.03. The molecule has 0 amide bonds. The van der Waals surface area contributed by atoms with Crippen LogP contribution in [0.15, 0.2) is 49.2 Å². The Labute approximate surface area is 122 Å². The normalized spacial score (nSPS) is 10.1. The second-order valence-electron chi connectivity index (χ2n) is 4.84. The van der Waals surface area contributed by atoms with Crippen LogP contribution in [0.3, 0.4) is 0 Å². The van der Waals surface area contributed by atoms with Crippen LogP contribution in [-0.2, 0) is 0 Å². The predicted octanol–water partition coefficient (Wildman–Crippen LogP) is 3.71. The average molecular weight is 271 g/mol. The minimum Gasteiger partial charge on any atom is -0.403 e. The van der Waals surface area contributed by atoms with E-state index >= 15 is 0 Å². The summed E-state index contributed by atoms with van der Waals surface area (Å²) in [6.45, 7) is 11.5. The van der Waals surface area contributed by atoms with E-state index in [0.717, 1.165) is 25.1 Å². The van der Waals surface area contributed by atoms with Gasteiger partial charge in [0.15, 0.2) is 0 Å². The highest BCUT2D eigenvalue weighted by Gasteiger charge is 2.05. The van der Waals surface area contributed by atoms with Gasteiger partial charge in [-0.1, -0.05) is 24.8 Å². The summed E-state index contributed by atoms with van der Waals surface area (Å²) in [7, 11) is 0. The van der Waals surface area contributed by atoms with Crippen molar-refractivity contribution in [2.75, 3.05) is 18.0 Å². The zero-order chi connectivity index (χ0) is 15.0. The fraction of sp³-hybridized carbons (Fsp3) is 0.353. The average Bonchev–Trinajstić information content (AvgIpc) is 2.46. The van der Waals surface area contributed by atoms with Gasteiger partial charge in [0, 0.05) is 30.2 Å². The number of rotatable bonds is 9. The molecule has 20 heavy (non-hydrogen) atoms. The van der Waals surface area contributed by atoms with Crippen molar-refractivity contribution < 1.29 is 0 Å². The summed E-state index contributed by atoms with van der Waals surface area (Å²) >= 11 is 0. The van der Waals surface area contributed by atoms with Crippen molar-refractivity contribution in [2.45, 2.75) is 26.2 Å². The Morgan fingerprint density at radius 2 is 1.95 bits per heavy atom. The molecule has 0 aromatic heterocycles. The third kappa shape index (κ3) is 4.92. The van der Waals surface area contributed by atoms with Gasteiger partial charge in [0.25, 0.3) is 0 Å². The van der Waals surface area contributed by atoms with Gasteiger partial charge in [-0.15, -0.1) is 6.58 Å². The minimum absolute atomic E-state index is 0.609. The molecule has 0 aliphatic carbocycles. The topological polar surface area (TPSA) is 53.1 Å². The molecule has 0 saturated carbocycles. The number of nitrogens with zero attached hydrogens (tertiary/aromatic N) is 1. The Morgan fingerprint density at radius 1 is 1.30 bits per heavy atom. The van der Waals surface area contributed by atoms with Crippen molar-refractivity contribution in [3.05, 3.63) is 54.8 Å². The van der Waals surface area contributed by atoms with E-state index in [1.54, 1.807) is 0 Å². The number of nitrogens with one attached hydrogen (secondary N) is 1. The van der Waals surface area contributed by atoms with Crippen LogP contribution in [0, 0.1) is 5.41 Å². The molecule has 3 N–H and O–H groups in total. The molecule has 0 aliphatic rings. The van der Waals surface area contributed by atoms with E-state index in [4.69, 9.17) is 11.1 Å². The molecule has 0 radical (unpaired) electrons. The summed E-state index contributed by atoms with van der Waals surface area (Å²) in [5, 5.41) is 8.03. The van der Waals surface area contributed by atoms with Gasteiger partial charge in [0.1, 0.15) is 0 Å². The highest BCUT2D eigenvalue weighted by molar-refractivity contribution is 5.98. The number of hydrogen-bond donors (Lipinski definition) is 2. The fourth-order valence-corrected chi connectivity index (χ4v) is 2.02. The summed E-state index contributed by atoms with van der Waals surface area (Å²) < 4.78 is 0. The molecule has 0 aliphatic heterocycles. The summed E-state index contributed by atoms with van der Waals surface area (Å²) in [6, 6.07) is 8.17. The number of allylic oxidation sites excluding steroid dienone is 1. The van der Waals surface area contributed by atoms with Crippen LogP contribution in [0.25, 0.3) is 0 Å². The Balaban J connectivity index is 2.69. The van der Waals surface area contributed by atoms with Crippen LogP contribution in [-0.4, -0.2) is 18.8 Å². The minimum atomic E-state index is 0.609. The molecule has 3 heteroatoms. The molecule has 108 valence electrons. The Bertz CT molecular complexity index is 460. The number of anilines is 1. The van der Waals surface area contributed by atoms with Crippen LogP contribution in [0.5, 0.6) is 0 Å². The van der Waals surface area contributed by atoms with Crippen LogP contribution in [0.2, 0.25) is 0 Å². The second kappa shape index (κ2) is 8.20. The quantitative estimate of drug-likeness (QED) is 0.531. The van der Waals surface area contributed by atoms with E-state index in [0.29, 0.717) is 24.3 Å². The van der Waals surface area contributed by atoms with Gasteiger partial charge in [0.05, 0.1) is 0 Å². The fourth-order valence-electron chi connectivity index (χ4n) is 2.02. The van der Waals surface area contributed by atoms with Crippen molar-refractivity contribution in [3.8, 4) is 0 Å². The largest absolute Gasteiger partial charge is 0.403 e. The molecular weight excluding hydrogens is 246 g/mol. The molecule has 0 atom stereocenters. The highest BCUT2D eigenvalue weighted by atomic mass is 15.1. The second-order valence-corrected chi connectivity index (χ2v) is 4.84. The van der Waals surface area contributed by atoms with Crippen molar-refractivity contribution in [3.63, 3.8) is 0 Å². The van der Waals surface area contributed by atoms with E-state index in [-0.39, 0.29) is 0 Å². The zero-order valence-electron chi connectivity index (χ0n) is 12.4. The standard InChI is InChI=1S/C17H25N3/c1-4-6-13-20(5-2)16-10-8-15(9-11-16)17(19)12-7-14(3)18/h4,8-11,19H,1,3,5-7,12-13,18H2,2H3. The first-order valence-corrected chi connectivity index (χ1v) is 7.05. The maximum absolute atomic E-state index is 8.03. The van der Waals surface area contributed by atoms with E-state index < -0.39 is 0 Å². The van der Waals surface area contributed by atoms with Crippen molar-refractivity contribution in [1.82, 2.24) is 0 Å². The van der Waals surface area contributed by atoms with Gasteiger partial charge in [-0.05, 0) is 43.9 Å². The molecular formula is C17H25N3. The van der Waals surface area contributed by atoms with Crippen LogP contribution >= 0.6 is 0 Å². The molecule has 3 nitrogen and oxygen atoms in total.